The van der Waals surface area contributed by atoms with E-state index in [0.29, 0.717) is 11.8 Å². The lowest BCUT2D eigenvalue weighted by atomic mass is 10.2. The fourth-order valence-corrected chi connectivity index (χ4v) is 3.35. The molecule has 0 fully saturated rings. The Morgan fingerprint density at radius 2 is 1.91 bits per heavy atom. The van der Waals surface area contributed by atoms with Crippen molar-refractivity contribution in [1.82, 2.24) is 9.71 Å². The monoisotopic (exact) mass is 364 g/mol. The van der Waals surface area contributed by atoms with Crippen molar-refractivity contribution in [2.45, 2.75) is 24.0 Å². The molecule has 1 N–H and O–H groups in total. The molecule has 0 saturated carbocycles. The molecule has 1 aromatic carbocycles. The second-order valence-electron chi connectivity index (χ2n) is 4.74. The fraction of sp³-hybridized carbons (Fsp3) is 0.214. The van der Waals surface area contributed by atoms with Crippen LogP contribution in [0.15, 0.2) is 47.5 Å². The third-order valence-electron chi connectivity index (χ3n) is 3.02. The van der Waals surface area contributed by atoms with Crippen LogP contribution in [-0.2, 0) is 16.2 Å². The highest BCUT2D eigenvalue weighted by atomic mass is 35.5. The summed E-state index contributed by atoms with van der Waals surface area (Å²) in [7, 11) is -4.16. The van der Waals surface area contributed by atoms with Gasteiger partial charge in [-0.1, -0.05) is 17.7 Å². The van der Waals surface area contributed by atoms with E-state index in [-0.39, 0.29) is 0 Å². The summed E-state index contributed by atoms with van der Waals surface area (Å²) in [6, 6.07) is 6.68. The van der Waals surface area contributed by atoms with Crippen molar-refractivity contribution in [3.8, 4) is 0 Å². The van der Waals surface area contributed by atoms with Crippen LogP contribution in [0.2, 0.25) is 5.02 Å². The molecule has 0 bridgehead atoms. The molecule has 0 radical (unpaired) electrons. The number of alkyl halides is 3. The summed E-state index contributed by atoms with van der Waals surface area (Å²) in [4.78, 5) is 3.48. The summed E-state index contributed by atoms with van der Waals surface area (Å²) >= 11 is 5.49. The molecular formula is C14H12ClF3N2O2S. The third kappa shape index (κ3) is 4.21. The zero-order valence-corrected chi connectivity index (χ0v) is 13.4. The number of sulfonamides is 1. The van der Waals surface area contributed by atoms with Crippen molar-refractivity contribution >= 4 is 21.6 Å². The SMILES string of the molecule is CC(NS(=O)(=O)c1ccc(Cl)c(C(F)(F)F)c1)c1ccccn1. The van der Waals surface area contributed by atoms with Crippen LogP contribution in [0.25, 0.3) is 0 Å². The van der Waals surface area contributed by atoms with E-state index < -0.39 is 37.7 Å². The van der Waals surface area contributed by atoms with Crippen LogP contribution < -0.4 is 4.72 Å². The number of nitrogens with one attached hydrogen (secondary N) is 1. The Hall–Kier alpha value is -1.64. The van der Waals surface area contributed by atoms with Gasteiger partial charge in [-0.05, 0) is 37.3 Å². The lowest BCUT2D eigenvalue weighted by Gasteiger charge is -2.15. The van der Waals surface area contributed by atoms with E-state index in [9.17, 15) is 21.6 Å². The first kappa shape index (κ1) is 17.7. The molecule has 2 aromatic rings. The van der Waals surface area contributed by atoms with E-state index in [0.717, 1.165) is 12.1 Å². The van der Waals surface area contributed by atoms with Crippen LogP contribution in [-0.4, -0.2) is 13.4 Å². The number of benzene rings is 1. The molecule has 0 aliphatic heterocycles. The van der Waals surface area contributed by atoms with Gasteiger partial charge in [-0.3, -0.25) is 4.98 Å². The molecule has 1 aromatic heterocycles. The highest BCUT2D eigenvalue weighted by molar-refractivity contribution is 7.89. The minimum absolute atomic E-state index is 0.445. The maximum Gasteiger partial charge on any atom is 0.417 e. The van der Waals surface area contributed by atoms with Gasteiger partial charge in [-0.15, -0.1) is 0 Å². The Labute approximate surface area is 136 Å². The van der Waals surface area contributed by atoms with Gasteiger partial charge >= 0.3 is 6.18 Å². The maximum absolute atomic E-state index is 12.8. The average Bonchev–Trinajstić information content (AvgIpc) is 2.46. The molecule has 2 rings (SSSR count). The van der Waals surface area contributed by atoms with Crippen molar-refractivity contribution < 1.29 is 21.6 Å². The number of aromatic nitrogens is 1. The summed E-state index contributed by atoms with van der Waals surface area (Å²) in [5.74, 6) is 0. The summed E-state index contributed by atoms with van der Waals surface area (Å²) in [6.45, 7) is 1.54. The second kappa shape index (κ2) is 6.46. The average molecular weight is 365 g/mol. The van der Waals surface area contributed by atoms with Crippen LogP contribution in [0.3, 0.4) is 0 Å². The van der Waals surface area contributed by atoms with Crippen LogP contribution in [0.5, 0.6) is 0 Å². The van der Waals surface area contributed by atoms with E-state index in [2.05, 4.69) is 9.71 Å². The summed E-state index contributed by atoms with van der Waals surface area (Å²) in [5.41, 5.74) is -0.756. The number of rotatable bonds is 4. The molecule has 1 atom stereocenters. The zero-order chi connectivity index (χ0) is 17.3. The summed E-state index contributed by atoms with van der Waals surface area (Å²) in [6.07, 6.45) is -3.25. The number of hydrogen-bond acceptors (Lipinski definition) is 3. The van der Waals surface area contributed by atoms with Gasteiger partial charge in [0.1, 0.15) is 0 Å². The Morgan fingerprint density at radius 3 is 2.48 bits per heavy atom. The molecule has 124 valence electrons. The van der Waals surface area contributed by atoms with E-state index in [1.807, 2.05) is 0 Å². The Kier molecular flexibility index (Phi) is 4.98. The van der Waals surface area contributed by atoms with E-state index in [1.54, 1.807) is 25.1 Å². The zero-order valence-electron chi connectivity index (χ0n) is 11.8. The van der Waals surface area contributed by atoms with Gasteiger partial charge in [0.05, 0.1) is 27.2 Å². The highest BCUT2D eigenvalue weighted by Gasteiger charge is 2.34. The topological polar surface area (TPSA) is 59.1 Å². The fourth-order valence-electron chi connectivity index (χ4n) is 1.88. The quantitative estimate of drug-likeness (QED) is 0.897. The maximum atomic E-state index is 12.8. The van der Waals surface area contributed by atoms with E-state index in [4.69, 9.17) is 11.6 Å². The first-order valence-corrected chi connectivity index (χ1v) is 8.27. The van der Waals surface area contributed by atoms with Gasteiger partial charge in [0.15, 0.2) is 0 Å². The highest BCUT2D eigenvalue weighted by Crippen LogP contribution is 2.36. The molecular weight excluding hydrogens is 353 g/mol. The van der Waals surface area contributed by atoms with Gasteiger partial charge in [-0.25, -0.2) is 13.1 Å². The Balaban J connectivity index is 2.34. The van der Waals surface area contributed by atoms with Gasteiger partial charge < -0.3 is 0 Å². The first-order valence-electron chi connectivity index (χ1n) is 6.41. The smallest absolute Gasteiger partial charge is 0.260 e. The summed E-state index contributed by atoms with van der Waals surface area (Å²) in [5, 5.41) is -0.561. The molecule has 0 spiro atoms. The number of hydrogen-bond donors (Lipinski definition) is 1. The predicted molar refractivity (Wildman–Crippen MR) is 79.4 cm³/mol. The minimum Gasteiger partial charge on any atom is -0.260 e. The normalized spacial score (nSPS) is 13.8. The number of nitrogens with zero attached hydrogens (tertiary/aromatic N) is 1. The molecule has 1 heterocycles. The van der Waals surface area contributed by atoms with Gasteiger partial charge in [-0.2, -0.15) is 13.2 Å². The molecule has 0 amide bonds. The van der Waals surface area contributed by atoms with Crippen molar-refractivity contribution in [3.05, 3.63) is 58.9 Å². The van der Waals surface area contributed by atoms with Crippen molar-refractivity contribution in [3.63, 3.8) is 0 Å². The van der Waals surface area contributed by atoms with Crippen molar-refractivity contribution in [2.75, 3.05) is 0 Å². The minimum atomic E-state index is -4.74. The number of pyridine rings is 1. The van der Waals surface area contributed by atoms with Crippen molar-refractivity contribution in [1.29, 1.82) is 0 Å². The second-order valence-corrected chi connectivity index (χ2v) is 6.86. The molecule has 0 saturated heterocycles. The third-order valence-corrected chi connectivity index (χ3v) is 4.88. The molecule has 23 heavy (non-hydrogen) atoms. The molecule has 1 unspecified atom stereocenters. The van der Waals surface area contributed by atoms with E-state index >= 15 is 0 Å². The largest absolute Gasteiger partial charge is 0.417 e. The van der Waals surface area contributed by atoms with Crippen molar-refractivity contribution in [2.24, 2.45) is 0 Å². The van der Waals surface area contributed by atoms with Gasteiger partial charge in [0, 0.05) is 6.20 Å². The van der Waals surface area contributed by atoms with Crippen LogP contribution in [0.1, 0.15) is 24.2 Å². The Bertz CT molecular complexity index is 795. The molecule has 0 aliphatic carbocycles. The lowest BCUT2D eigenvalue weighted by Crippen LogP contribution is -2.27. The number of halogens is 4. The van der Waals surface area contributed by atoms with Gasteiger partial charge in [0.25, 0.3) is 0 Å². The Morgan fingerprint density at radius 1 is 1.22 bits per heavy atom. The van der Waals surface area contributed by atoms with Gasteiger partial charge in [0.2, 0.25) is 10.0 Å². The molecule has 4 nitrogen and oxygen atoms in total. The molecule has 9 heteroatoms. The predicted octanol–water partition coefficient (Wildman–Crippen LogP) is 3.79. The lowest BCUT2D eigenvalue weighted by molar-refractivity contribution is -0.137. The first-order chi connectivity index (χ1) is 10.6. The van der Waals surface area contributed by atoms with Crippen LogP contribution in [0.4, 0.5) is 13.2 Å². The van der Waals surface area contributed by atoms with Crippen LogP contribution >= 0.6 is 11.6 Å². The van der Waals surface area contributed by atoms with Crippen LogP contribution in [0, 0.1) is 0 Å². The standard InChI is InChI=1S/C14H12ClF3N2O2S/c1-9(13-4-2-3-7-19-13)20-23(21,22)10-5-6-12(15)11(8-10)14(16,17)18/h2-9,20H,1H3. The van der Waals surface area contributed by atoms with E-state index in [1.165, 1.54) is 6.20 Å². The molecule has 0 aliphatic rings. The summed E-state index contributed by atoms with van der Waals surface area (Å²) < 4.78 is 65.3.